The molecule has 0 fully saturated rings. The maximum atomic E-state index is 13.0. The van der Waals surface area contributed by atoms with Crippen molar-refractivity contribution in [2.24, 2.45) is 31.8 Å². The van der Waals surface area contributed by atoms with Gasteiger partial charge in [0.15, 0.2) is 12.5 Å². The largest absolute Gasteiger partial charge is 0.384 e. The summed E-state index contributed by atoms with van der Waals surface area (Å²) in [5, 5.41) is 13.0. The van der Waals surface area contributed by atoms with E-state index in [-0.39, 0.29) is 42.5 Å². The van der Waals surface area contributed by atoms with Crippen LogP contribution in [0.2, 0.25) is 0 Å². The summed E-state index contributed by atoms with van der Waals surface area (Å²) in [5.74, 6) is 0.162. The minimum atomic E-state index is -4.58. The molecule has 2 aromatic rings. The summed E-state index contributed by atoms with van der Waals surface area (Å²) in [4.78, 5) is 6.79. The van der Waals surface area contributed by atoms with Crippen molar-refractivity contribution in [2.45, 2.75) is 15.8 Å². The first-order chi connectivity index (χ1) is 14.6. The topological polar surface area (TPSA) is 234 Å². The quantitative estimate of drug-likeness (QED) is 0.312. The second-order valence-corrected chi connectivity index (χ2v) is 9.67. The highest BCUT2D eigenvalue weighted by Crippen LogP contribution is 2.34. The van der Waals surface area contributed by atoms with Crippen molar-refractivity contribution in [1.29, 1.82) is 0 Å². The van der Waals surface area contributed by atoms with E-state index in [0.29, 0.717) is 5.56 Å². The zero-order valence-corrected chi connectivity index (χ0v) is 17.8. The van der Waals surface area contributed by atoms with Gasteiger partial charge in [0.05, 0.1) is 5.56 Å². The molecule has 2 heterocycles. The van der Waals surface area contributed by atoms with Crippen LogP contribution >= 0.6 is 0 Å². The van der Waals surface area contributed by atoms with Crippen molar-refractivity contribution in [1.82, 2.24) is 9.71 Å². The first-order valence-electron chi connectivity index (χ1n) is 8.85. The summed E-state index contributed by atoms with van der Waals surface area (Å²) in [6, 6.07) is 4.81. The maximum absolute atomic E-state index is 13.0. The molecule has 31 heavy (non-hydrogen) atoms. The van der Waals surface area contributed by atoms with E-state index in [4.69, 9.17) is 22.3 Å². The number of primary sulfonamides is 1. The van der Waals surface area contributed by atoms with Gasteiger partial charge in [-0.2, -0.15) is 5.11 Å². The number of pyridine rings is 1. The van der Waals surface area contributed by atoms with Crippen molar-refractivity contribution in [3.8, 4) is 11.1 Å². The third-order valence-electron chi connectivity index (χ3n) is 4.36. The highest BCUT2D eigenvalue weighted by Gasteiger charge is 2.33. The number of nitrogens with zero attached hydrogens (tertiary/aromatic N) is 4. The van der Waals surface area contributed by atoms with E-state index in [2.05, 4.69) is 24.9 Å². The first kappa shape index (κ1) is 22.9. The molecule has 9 N–H and O–H groups in total. The van der Waals surface area contributed by atoms with Crippen LogP contribution in [0.3, 0.4) is 0 Å². The molecule has 0 atom stereocenters. The number of sulfonamides is 2. The second-order valence-electron chi connectivity index (χ2n) is 6.49. The van der Waals surface area contributed by atoms with Crippen molar-refractivity contribution in [3.05, 3.63) is 36.0 Å². The van der Waals surface area contributed by atoms with Crippen molar-refractivity contribution in [2.75, 3.05) is 25.5 Å². The molecule has 0 aliphatic carbocycles. The molecule has 1 aliphatic heterocycles. The van der Waals surface area contributed by atoms with E-state index in [1.165, 1.54) is 18.3 Å². The minimum Gasteiger partial charge on any atom is -0.384 e. The summed E-state index contributed by atoms with van der Waals surface area (Å²) in [6.45, 7) is -0.233. The average molecular weight is 468 g/mol. The van der Waals surface area contributed by atoms with Crippen LogP contribution in [0, 0.1) is 0 Å². The van der Waals surface area contributed by atoms with Crippen LogP contribution in [0.4, 0.5) is 5.82 Å². The van der Waals surface area contributed by atoms with Gasteiger partial charge in [0.25, 0.3) is 0 Å². The number of rotatable bonds is 8. The van der Waals surface area contributed by atoms with Crippen LogP contribution in [0.25, 0.3) is 11.1 Å². The molecule has 1 aromatic heterocycles. The van der Waals surface area contributed by atoms with Crippen molar-refractivity contribution in [3.63, 3.8) is 0 Å². The van der Waals surface area contributed by atoms with E-state index in [0.717, 1.165) is 6.07 Å². The van der Waals surface area contributed by atoms with E-state index >= 15 is 0 Å². The van der Waals surface area contributed by atoms with E-state index < -0.39 is 35.9 Å². The Morgan fingerprint density at radius 2 is 1.77 bits per heavy atom. The Hall–Kier alpha value is -2.82. The van der Waals surface area contributed by atoms with Gasteiger partial charge in [-0.05, 0) is 23.8 Å². The molecule has 1 aliphatic rings. The lowest BCUT2D eigenvalue weighted by molar-refractivity contribution is 0.548. The smallest absolute Gasteiger partial charge is 0.242 e. The predicted molar refractivity (Wildman–Crippen MR) is 114 cm³/mol. The lowest BCUT2D eigenvalue weighted by Crippen LogP contribution is -2.45. The van der Waals surface area contributed by atoms with Gasteiger partial charge in [0.1, 0.15) is 15.6 Å². The Morgan fingerprint density at radius 3 is 2.29 bits per heavy atom. The summed E-state index contributed by atoms with van der Waals surface area (Å²) >= 11 is 0. The van der Waals surface area contributed by atoms with Gasteiger partial charge in [0.2, 0.25) is 20.0 Å². The molecule has 0 saturated heterocycles. The van der Waals surface area contributed by atoms with E-state index in [9.17, 15) is 16.8 Å². The molecule has 0 spiro atoms. The fourth-order valence-corrected chi connectivity index (χ4v) is 5.78. The summed E-state index contributed by atoms with van der Waals surface area (Å²) in [5.41, 5.74) is 17.3. The number of nitrogens with one attached hydrogen (secondary N) is 1. The number of nitrogens with two attached hydrogens (primary N) is 4. The van der Waals surface area contributed by atoms with Gasteiger partial charge in [-0.15, -0.1) is 5.11 Å². The summed E-state index contributed by atoms with van der Waals surface area (Å²) < 4.78 is 53.6. The molecule has 0 radical (unpaired) electrons. The maximum Gasteiger partial charge on any atom is 0.242 e. The molecule has 3 rings (SSSR count). The van der Waals surface area contributed by atoms with Crippen LogP contribution in [0.15, 0.2) is 55.5 Å². The average Bonchev–Trinajstić information content (AvgIpc) is 3.25. The zero-order valence-electron chi connectivity index (χ0n) is 16.1. The lowest BCUT2D eigenvalue weighted by atomic mass is 10.00. The number of hydrogen-bond donors (Lipinski definition) is 5. The Kier molecular flexibility index (Phi) is 6.44. The summed E-state index contributed by atoms with van der Waals surface area (Å²) in [6.07, 6.45) is 1.40. The lowest BCUT2D eigenvalue weighted by Gasteiger charge is -2.19. The van der Waals surface area contributed by atoms with Crippen LogP contribution in [-0.4, -0.2) is 53.5 Å². The van der Waals surface area contributed by atoms with Crippen LogP contribution in [-0.2, 0) is 20.0 Å². The van der Waals surface area contributed by atoms with Crippen molar-refractivity contribution >= 4 is 31.7 Å². The Labute approximate surface area is 178 Å². The standard InChI is InChI=1S/C16H21N9O4S2/c17-5-10(6-18)25-31(28,29)12-3-2-11(9-1-4-13(19)21-7-9)14(15(12)30(20,26)27)16-22-8-23-24-16/h1-4,7,10,25H,5-6,8,17-18H2,(H2,19,21)(H2,20,26,27). The fourth-order valence-electron chi connectivity index (χ4n) is 2.92. The molecule has 0 bridgehead atoms. The Bertz CT molecular complexity index is 1250. The van der Waals surface area contributed by atoms with E-state index in [1.54, 1.807) is 6.07 Å². The number of anilines is 1. The minimum absolute atomic E-state index is 0.0452. The van der Waals surface area contributed by atoms with Gasteiger partial charge in [-0.25, -0.2) is 36.7 Å². The molecule has 0 saturated carbocycles. The monoisotopic (exact) mass is 467 g/mol. The Morgan fingerprint density at radius 1 is 1.06 bits per heavy atom. The third kappa shape index (κ3) is 4.76. The molecule has 13 nitrogen and oxygen atoms in total. The number of nitrogen functional groups attached to an aromatic ring is 1. The second kappa shape index (κ2) is 8.74. The highest BCUT2D eigenvalue weighted by molar-refractivity contribution is 7.92. The van der Waals surface area contributed by atoms with Crippen LogP contribution in [0.5, 0.6) is 0 Å². The third-order valence-corrected chi connectivity index (χ3v) is 7.04. The first-order valence-corrected chi connectivity index (χ1v) is 11.9. The predicted octanol–water partition coefficient (Wildman–Crippen LogP) is -1.29. The zero-order chi connectivity index (χ0) is 22.8. The van der Waals surface area contributed by atoms with Crippen LogP contribution < -0.4 is 27.1 Å². The normalized spacial score (nSPS) is 14.3. The van der Waals surface area contributed by atoms with Gasteiger partial charge in [-0.1, -0.05) is 6.07 Å². The number of benzene rings is 1. The highest BCUT2D eigenvalue weighted by atomic mass is 32.2. The number of aromatic nitrogens is 1. The van der Waals surface area contributed by atoms with E-state index in [1.807, 2.05) is 0 Å². The molecule has 0 amide bonds. The SMILES string of the molecule is NCC(CN)NS(=O)(=O)c1ccc(-c2ccc(N)nc2)c(C2=NCN=N2)c1S(N)(=O)=O. The van der Waals surface area contributed by atoms with Crippen molar-refractivity contribution < 1.29 is 16.8 Å². The van der Waals surface area contributed by atoms with Crippen LogP contribution in [0.1, 0.15) is 5.56 Å². The van der Waals surface area contributed by atoms with Gasteiger partial charge < -0.3 is 17.2 Å². The molecule has 1 aromatic carbocycles. The molecular formula is C16H21N9O4S2. The molecular weight excluding hydrogens is 446 g/mol. The number of aliphatic imine (C=N–C) groups is 1. The fraction of sp³-hybridized carbons (Fsp3) is 0.250. The number of amidine groups is 1. The summed E-state index contributed by atoms with van der Waals surface area (Å²) in [7, 11) is -8.97. The number of hydrogen-bond acceptors (Lipinski definition) is 11. The molecule has 166 valence electrons. The number of azo groups is 1. The Balaban J connectivity index is 2.36. The molecule has 0 unspecified atom stereocenters. The van der Waals surface area contributed by atoms with Gasteiger partial charge in [0, 0.05) is 30.9 Å². The molecule has 15 heteroatoms. The van der Waals surface area contributed by atoms with Gasteiger partial charge >= 0.3 is 0 Å². The van der Waals surface area contributed by atoms with Gasteiger partial charge in [-0.3, -0.25) is 0 Å².